The van der Waals surface area contributed by atoms with Crippen molar-refractivity contribution in [2.75, 3.05) is 54.5 Å². The zero-order valence-electron chi connectivity index (χ0n) is 26.3. The molecule has 2 aliphatic rings. The summed E-state index contributed by atoms with van der Waals surface area (Å²) in [6.07, 6.45) is 1.58. The number of fused-ring (bicyclic) bond motifs is 2. The number of hydrogen-bond donors (Lipinski definition) is 1. The Morgan fingerprint density at radius 2 is 1.12 bits per heavy atom. The van der Waals surface area contributed by atoms with Crippen LogP contribution in [-0.4, -0.2) is 98.1 Å². The Morgan fingerprint density at radius 3 is 1.48 bits per heavy atom. The van der Waals surface area contributed by atoms with E-state index in [1.165, 1.54) is 19.1 Å². The quantitative estimate of drug-likeness (QED) is 0.506. The number of aliphatic carboxylic acids is 1. The van der Waals surface area contributed by atoms with Gasteiger partial charge in [-0.15, -0.1) is 0 Å². The third-order valence-corrected chi connectivity index (χ3v) is 6.79. The largest absolute Gasteiger partial charge is 0.480 e. The SMILES string of the molecule is CC.CC.COC(=O)C1c2ccccc2CCN1CC(=O)N(C)C.COC(=O)C1c2ccccc2CCN1CC(=O)O. The van der Waals surface area contributed by atoms with Gasteiger partial charge in [-0.25, -0.2) is 9.59 Å². The van der Waals surface area contributed by atoms with Crippen molar-refractivity contribution in [1.29, 1.82) is 0 Å². The van der Waals surface area contributed by atoms with Gasteiger partial charge in [0, 0.05) is 27.2 Å². The van der Waals surface area contributed by atoms with E-state index in [0.717, 1.165) is 35.1 Å². The number of carbonyl (C=O) groups excluding carboxylic acids is 3. The Kier molecular flexibility index (Phi) is 16.1. The Hall–Kier alpha value is -3.76. The molecule has 0 fully saturated rings. The van der Waals surface area contributed by atoms with Gasteiger partial charge >= 0.3 is 17.9 Å². The predicted octanol–water partition coefficient (Wildman–Crippen LogP) is 3.74. The molecule has 0 aliphatic carbocycles. The van der Waals surface area contributed by atoms with Gasteiger partial charge in [0.25, 0.3) is 0 Å². The smallest absolute Gasteiger partial charge is 0.327 e. The maximum Gasteiger partial charge on any atom is 0.327 e. The Balaban J connectivity index is 0.000000377. The highest BCUT2D eigenvalue weighted by atomic mass is 16.5. The topological polar surface area (TPSA) is 117 Å². The second kappa shape index (κ2) is 18.6. The van der Waals surface area contributed by atoms with Gasteiger partial charge in [-0.05, 0) is 35.1 Å². The molecule has 2 unspecified atom stereocenters. The summed E-state index contributed by atoms with van der Waals surface area (Å²) in [6, 6.07) is 14.3. The van der Waals surface area contributed by atoms with Crippen LogP contribution in [0.5, 0.6) is 0 Å². The van der Waals surface area contributed by atoms with Crippen LogP contribution in [0.1, 0.15) is 62.0 Å². The van der Waals surface area contributed by atoms with E-state index >= 15 is 0 Å². The molecule has 10 nitrogen and oxygen atoms in total. The molecular formula is C32H47N3O7. The van der Waals surface area contributed by atoms with Gasteiger partial charge in [-0.3, -0.25) is 19.4 Å². The summed E-state index contributed by atoms with van der Waals surface area (Å²) in [5.41, 5.74) is 4.01. The molecule has 1 N–H and O–H groups in total. The van der Waals surface area contributed by atoms with Crippen molar-refractivity contribution in [1.82, 2.24) is 14.7 Å². The third-order valence-electron chi connectivity index (χ3n) is 6.79. The minimum atomic E-state index is -0.941. The van der Waals surface area contributed by atoms with Crippen molar-refractivity contribution in [2.24, 2.45) is 0 Å². The van der Waals surface area contributed by atoms with Crippen LogP contribution in [0.3, 0.4) is 0 Å². The van der Waals surface area contributed by atoms with Crippen molar-refractivity contribution < 1.29 is 33.8 Å². The van der Waals surface area contributed by atoms with Crippen LogP contribution >= 0.6 is 0 Å². The van der Waals surface area contributed by atoms with Crippen LogP contribution in [-0.2, 0) is 41.5 Å². The number of nitrogens with zero attached hydrogens (tertiary/aromatic N) is 3. The first kappa shape index (κ1) is 36.3. The first-order chi connectivity index (χ1) is 20.2. The number of rotatable bonds is 6. The number of carboxylic acid groups (broad SMARTS) is 1. The maximum atomic E-state index is 12.1. The molecule has 0 saturated carbocycles. The summed E-state index contributed by atoms with van der Waals surface area (Å²) in [7, 11) is 6.13. The molecule has 0 bridgehead atoms. The van der Waals surface area contributed by atoms with Gasteiger partial charge in [0.15, 0.2) is 0 Å². The number of amides is 1. The van der Waals surface area contributed by atoms with E-state index in [2.05, 4.69) is 0 Å². The van der Waals surface area contributed by atoms with Crippen LogP contribution in [0.15, 0.2) is 48.5 Å². The first-order valence-electron chi connectivity index (χ1n) is 14.4. The fourth-order valence-corrected chi connectivity index (χ4v) is 4.84. The maximum absolute atomic E-state index is 12.1. The Morgan fingerprint density at radius 1 is 0.738 bits per heavy atom. The van der Waals surface area contributed by atoms with Crippen LogP contribution in [0.2, 0.25) is 0 Å². The lowest BCUT2D eigenvalue weighted by Crippen LogP contribution is -2.45. The van der Waals surface area contributed by atoms with Gasteiger partial charge < -0.3 is 19.5 Å². The molecule has 0 spiro atoms. The molecule has 4 rings (SSSR count). The zero-order chi connectivity index (χ0) is 31.8. The summed E-state index contributed by atoms with van der Waals surface area (Å²) in [5.74, 6) is -1.69. The summed E-state index contributed by atoms with van der Waals surface area (Å²) in [4.78, 5) is 51.8. The normalized spacial score (nSPS) is 17.1. The number of likely N-dealkylation sites (N-methyl/N-ethyl adjacent to an activating group) is 1. The van der Waals surface area contributed by atoms with E-state index in [9.17, 15) is 19.2 Å². The molecule has 2 aliphatic heterocycles. The van der Waals surface area contributed by atoms with E-state index < -0.39 is 24.0 Å². The van der Waals surface area contributed by atoms with E-state index in [0.29, 0.717) is 13.1 Å². The Bertz CT molecular complexity index is 1170. The molecule has 2 aromatic carbocycles. The van der Waals surface area contributed by atoms with Crippen LogP contribution in [0.25, 0.3) is 0 Å². The van der Waals surface area contributed by atoms with E-state index in [1.54, 1.807) is 19.0 Å². The second-order valence-corrected chi connectivity index (χ2v) is 9.37. The second-order valence-electron chi connectivity index (χ2n) is 9.37. The summed E-state index contributed by atoms with van der Waals surface area (Å²) >= 11 is 0. The zero-order valence-corrected chi connectivity index (χ0v) is 26.3. The molecule has 1 amide bonds. The fourth-order valence-electron chi connectivity index (χ4n) is 4.84. The van der Waals surface area contributed by atoms with E-state index in [1.807, 2.05) is 81.1 Å². The number of ether oxygens (including phenoxy) is 2. The highest BCUT2D eigenvalue weighted by molar-refractivity contribution is 5.82. The molecule has 232 valence electrons. The number of carbonyl (C=O) groups is 4. The molecule has 2 atom stereocenters. The van der Waals surface area contributed by atoms with Crippen molar-refractivity contribution >= 4 is 23.8 Å². The fraction of sp³-hybridized carbons (Fsp3) is 0.500. The average molecular weight is 586 g/mol. The van der Waals surface area contributed by atoms with Gasteiger partial charge in [0.2, 0.25) is 5.91 Å². The monoisotopic (exact) mass is 585 g/mol. The standard InChI is InChI=1S/C15H20N2O3.C13H15NO4.2C2H6/c1-16(2)13(18)10-17-9-8-11-6-4-5-7-12(11)14(17)15(19)20-3;1-18-13(17)12-10-5-3-2-4-9(10)6-7-14(12)8-11(15)16;2*1-2/h4-7,14H,8-10H2,1-3H3;2-5,12H,6-8H2,1H3,(H,15,16);2*1-2H3. The minimum absolute atomic E-state index is 0.0155. The van der Waals surface area contributed by atoms with Crippen LogP contribution in [0, 0.1) is 0 Å². The molecule has 0 radical (unpaired) electrons. The number of hydrogen-bond acceptors (Lipinski definition) is 8. The molecule has 2 heterocycles. The summed E-state index contributed by atoms with van der Waals surface area (Å²) < 4.78 is 9.70. The summed E-state index contributed by atoms with van der Waals surface area (Å²) in [6.45, 7) is 9.29. The van der Waals surface area contributed by atoms with Crippen LogP contribution < -0.4 is 0 Å². The predicted molar refractivity (Wildman–Crippen MR) is 162 cm³/mol. The van der Waals surface area contributed by atoms with E-state index in [-0.39, 0.29) is 25.0 Å². The lowest BCUT2D eigenvalue weighted by molar-refractivity contribution is -0.151. The van der Waals surface area contributed by atoms with Crippen molar-refractivity contribution in [2.45, 2.75) is 52.6 Å². The molecule has 0 saturated heterocycles. The van der Waals surface area contributed by atoms with Gasteiger partial charge in [0.05, 0.1) is 27.3 Å². The number of methoxy groups -OCH3 is 2. The van der Waals surface area contributed by atoms with E-state index in [4.69, 9.17) is 14.6 Å². The highest BCUT2D eigenvalue weighted by Gasteiger charge is 2.35. The lowest BCUT2D eigenvalue weighted by atomic mass is 9.92. The number of carboxylic acids is 1. The van der Waals surface area contributed by atoms with Crippen molar-refractivity contribution in [3.8, 4) is 0 Å². The minimum Gasteiger partial charge on any atom is -0.480 e. The van der Waals surface area contributed by atoms with Crippen molar-refractivity contribution in [3.05, 3.63) is 70.8 Å². The highest BCUT2D eigenvalue weighted by Crippen LogP contribution is 2.31. The summed E-state index contributed by atoms with van der Waals surface area (Å²) in [5, 5.41) is 8.89. The molecular weight excluding hydrogens is 538 g/mol. The molecule has 2 aromatic rings. The van der Waals surface area contributed by atoms with Crippen molar-refractivity contribution in [3.63, 3.8) is 0 Å². The van der Waals surface area contributed by atoms with Gasteiger partial charge in [-0.2, -0.15) is 0 Å². The average Bonchev–Trinajstić information content (AvgIpc) is 3.02. The number of esters is 2. The third kappa shape index (κ3) is 9.66. The molecule has 0 aromatic heterocycles. The van der Waals surface area contributed by atoms with Gasteiger partial charge in [-0.1, -0.05) is 76.2 Å². The first-order valence-corrected chi connectivity index (χ1v) is 14.4. The van der Waals surface area contributed by atoms with Gasteiger partial charge in [0.1, 0.15) is 12.1 Å². The Labute approximate surface area is 250 Å². The molecule has 42 heavy (non-hydrogen) atoms. The lowest BCUT2D eigenvalue weighted by Gasteiger charge is -2.35. The molecule has 10 heteroatoms. The number of benzene rings is 2. The van der Waals surface area contributed by atoms with Crippen LogP contribution in [0.4, 0.5) is 0 Å².